The van der Waals surface area contributed by atoms with Gasteiger partial charge in [-0.05, 0) is 42.8 Å². The minimum absolute atomic E-state index is 0.182. The molecule has 28 heavy (non-hydrogen) atoms. The van der Waals surface area contributed by atoms with Crippen LogP contribution in [0.5, 0.6) is 5.75 Å². The Morgan fingerprint density at radius 3 is 2.50 bits per heavy atom. The molecule has 0 unspecified atom stereocenters. The molecular weight excluding hydrogens is 401 g/mol. The number of nitrogens with zero attached hydrogens (tertiary/aromatic N) is 1. The van der Waals surface area contributed by atoms with Crippen LogP contribution in [0.3, 0.4) is 0 Å². The van der Waals surface area contributed by atoms with Crippen LogP contribution in [-0.2, 0) is 14.3 Å². The highest BCUT2D eigenvalue weighted by Gasteiger charge is 2.38. The molecule has 0 aliphatic carbocycles. The Labute approximate surface area is 172 Å². The molecule has 0 saturated heterocycles. The second-order valence-corrected chi connectivity index (χ2v) is 6.86. The summed E-state index contributed by atoms with van der Waals surface area (Å²) in [6, 6.07) is 11.9. The molecule has 144 valence electrons. The fraction of sp³-hybridized carbons (Fsp3) is 0.143. The topological polar surface area (TPSA) is 55.8 Å². The third kappa shape index (κ3) is 3.63. The minimum atomic E-state index is -0.604. The van der Waals surface area contributed by atoms with E-state index in [-0.39, 0.29) is 17.1 Å². The highest BCUT2D eigenvalue weighted by atomic mass is 35.5. The average molecular weight is 418 g/mol. The molecule has 0 N–H and O–H groups in total. The number of esters is 1. The number of anilines is 1. The molecule has 0 saturated carbocycles. The molecule has 0 aromatic heterocycles. The molecule has 1 heterocycles. The molecule has 2 aromatic carbocycles. The number of carbonyl (C=O) groups is 2. The van der Waals surface area contributed by atoms with Gasteiger partial charge in [-0.3, -0.25) is 9.69 Å². The summed E-state index contributed by atoms with van der Waals surface area (Å²) in [5.74, 6) is -0.374. The fourth-order valence-corrected chi connectivity index (χ4v) is 3.48. The van der Waals surface area contributed by atoms with Crippen molar-refractivity contribution >= 4 is 46.8 Å². The SMILES string of the molecule is COC(=O)C1=C(C)N(c2cccc(OC)c2)C(=O)/C1=C\c1ccc(Cl)cc1Cl. The van der Waals surface area contributed by atoms with E-state index in [1.165, 1.54) is 12.0 Å². The molecular formula is C21H17Cl2NO4. The molecule has 0 atom stereocenters. The number of carbonyl (C=O) groups excluding carboxylic acids is 2. The van der Waals surface area contributed by atoms with Crippen LogP contribution in [-0.4, -0.2) is 26.1 Å². The summed E-state index contributed by atoms with van der Waals surface area (Å²) in [6.45, 7) is 1.69. The molecule has 0 radical (unpaired) electrons. The average Bonchev–Trinajstić information content (AvgIpc) is 2.93. The number of hydrogen-bond acceptors (Lipinski definition) is 4. The highest BCUT2D eigenvalue weighted by Crippen LogP contribution is 2.37. The van der Waals surface area contributed by atoms with Gasteiger partial charge < -0.3 is 9.47 Å². The third-order valence-corrected chi connectivity index (χ3v) is 4.93. The van der Waals surface area contributed by atoms with Crippen LogP contribution in [0.1, 0.15) is 12.5 Å². The standard InChI is InChI=1S/C21H17Cl2NO4/c1-12-19(21(26)28-3)17(9-13-7-8-14(22)10-18(13)23)20(25)24(12)15-5-4-6-16(11-15)27-2/h4-11H,1-3H3/b17-9-. The minimum Gasteiger partial charge on any atom is -0.497 e. The van der Waals surface area contributed by atoms with Gasteiger partial charge in [-0.15, -0.1) is 0 Å². The van der Waals surface area contributed by atoms with Crippen LogP contribution < -0.4 is 9.64 Å². The normalized spacial score (nSPS) is 15.4. The van der Waals surface area contributed by atoms with E-state index in [1.54, 1.807) is 62.6 Å². The van der Waals surface area contributed by atoms with Gasteiger partial charge in [0.2, 0.25) is 0 Å². The predicted molar refractivity (Wildman–Crippen MR) is 110 cm³/mol. The van der Waals surface area contributed by atoms with Gasteiger partial charge in [0.15, 0.2) is 0 Å². The molecule has 0 fully saturated rings. The first-order chi connectivity index (χ1) is 13.4. The molecule has 3 rings (SSSR count). The third-order valence-electron chi connectivity index (χ3n) is 4.36. The number of halogens is 2. The predicted octanol–water partition coefficient (Wildman–Crippen LogP) is 4.88. The van der Waals surface area contributed by atoms with E-state index < -0.39 is 5.97 Å². The van der Waals surface area contributed by atoms with E-state index in [4.69, 9.17) is 32.7 Å². The smallest absolute Gasteiger partial charge is 0.340 e. The lowest BCUT2D eigenvalue weighted by atomic mass is 10.0. The number of benzene rings is 2. The van der Waals surface area contributed by atoms with E-state index in [0.29, 0.717) is 32.7 Å². The second-order valence-electron chi connectivity index (χ2n) is 6.02. The summed E-state index contributed by atoms with van der Waals surface area (Å²) >= 11 is 12.2. The number of methoxy groups -OCH3 is 2. The van der Waals surface area contributed by atoms with Gasteiger partial charge in [0.25, 0.3) is 5.91 Å². The van der Waals surface area contributed by atoms with Crippen LogP contribution in [0.4, 0.5) is 5.69 Å². The lowest BCUT2D eigenvalue weighted by molar-refractivity contribution is -0.136. The molecule has 5 nitrogen and oxygen atoms in total. The van der Waals surface area contributed by atoms with Gasteiger partial charge in [0.05, 0.1) is 31.1 Å². The molecule has 1 aliphatic heterocycles. The maximum absolute atomic E-state index is 13.2. The number of amides is 1. The van der Waals surface area contributed by atoms with Gasteiger partial charge in [-0.2, -0.15) is 0 Å². The van der Waals surface area contributed by atoms with E-state index in [9.17, 15) is 9.59 Å². The van der Waals surface area contributed by atoms with Gasteiger partial charge in [-0.25, -0.2) is 4.79 Å². The van der Waals surface area contributed by atoms with Crippen LogP contribution in [0, 0.1) is 0 Å². The highest BCUT2D eigenvalue weighted by molar-refractivity contribution is 6.36. The number of allylic oxidation sites excluding steroid dienone is 1. The first-order valence-corrected chi connectivity index (χ1v) is 9.07. The van der Waals surface area contributed by atoms with Crippen molar-refractivity contribution in [3.63, 3.8) is 0 Å². The van der Waals surface area contributed by atoms with Crippen LogP contribution >= 0.6 is 23.2 Å². The van der Waals surface area contributed by atoms with Crippen LogP contribution in [0.25, 0.3) is 6.08 Å². The van der Waals surface area contributed by atoms with Crippen molar-refractivity contribution in [2.24, 2.45) is 0 Å². The fourth-order valence-electron chi connectivity index (χ4n) is 3.01. The van der Waals surface area contributed by atoms with E-state index in [2.05, 4.69) is 0 Å². The number of hydrogen-bond donors (Lipinski definition) is 0. The van der Waals surface area contributed by atoms with E-state index in [1.807, 2.05) is 0 Å². The zero-order valence-corrected chi connectivity index (χ0v) is 17.0. The van der Waals surface area contributed by atoms with Crippen molar-refractivity contribution in [1.82, 2.24) is 0 Å². The van der Waals surface area contributed by atoms with Gasteiger partial charge in [0.1, 0.15) is 5.75 Å². The van der Waals surface area contributed by atoms with Gasteiger partial charge >= 0.3 is 5.97 Å². The Bertz CT molecular complexity index is 1030. The van der Waals surface area contributed by atoms with Crippen LogP contribution in [0.15, 0.2) is 59.3 Å². The Balaban J connectivity index is 2.16. The van der Waals surface area contributed by atoms with Crippen molar-refractivity contribution in [2.75, 3.05) is 19.1 Å². The van der Waals surface area contributed by atoms with E-state index in [0.717, 1.165) is 0 Å². The first kappa shape index (κ1) is 20.0. The summed E-state index contributed by atoms with van der Waals surface area (Å²) in [5.41, 5.74) is 1.98. The first-order valence-electron chi connectivity index (χ1n) is 8.32. The molecule has 2 aromatic rings. The summed E-state index contributed by atoms with van der Waals surface area (Å²) in [4.78, 5) is 27.1. The van der Waals surface area contributed by atoms with Crippen LogP contribution in [0.2, 0.25) is 10.0 Å². The molecule has 0 bridgehead atoms. The lowest BCUT2D eigenvalue weighted by Gasteiger charge is -2.18. The maximum Gasteiger partial charge on any atom is 0.340 e. The van der Waals surface area contributed by atoms with Crippen molar-refractivity contribution in [3.05, 3.63) is 74.9 Å². The van der Waals surface area contributed by atoms with Crippen molar-refractivity contribution in [1.29, 1.82) is 0 Å². The lowest BCUT2D eigenvalue weighted by Crippen LogP contribution is -2.24. The summed E-state index contributed by atoms with van der Waals surface area (Å²) in [5, 5.41) is 0.845. The molecule has 0 spiro atoms. The Morgan fingerprint density at radius 1 is 1.11 bits per heavy atom. The zero-order valence-electron chi connectivity index (χ0n) is 15.5. The zero-order chi connectivity index (χ0) is 20.4. The van der Waals surface area contributed by atoms with Crippen molar-refractivity contribution in [3.8, 4) is 5.75 Å². The summed E-state index contributed by atoms with van der Waals surface area (Å²) in [7, 11) is 2.82. The monoisotopic (exact) mass is 417 g/mol. The van der Waals surface area contributed by atoms with Crippen molar-refractivity contribution in [2.45, 2.75) is 6.92 Å². The molecule has 1 amide bonds. The maximum atomic E-state index is 13.2. The quantitative estimate of drug-likeness (QED) is 0.525. The molecule has 7 heteroatoms. The van der Waals surface area contributed by atoms with Gasteiger partial charge in [0, 0.05) is 21.8 Å². The second kappa shape index (κ2) is 8.09. The number of rotatable bonds is 4. The van der Waals surface area contributed by atoms with Crippen molar-refractivity contribution < 1.29 is 19.1 Å². The molecule has 1 aliphatic rings. The summed E-state index contributed by atoms with van der Waals surface area (Å²) in [6.07, 6.45) is 1.57. The van der Waals surface area contributed by atoms with E-state index >= 15 is 0 Å². The largest absolute Gasteiger partial charge is 0.497 e. The Hall–Kier alpha value is -2.76. The Morgan fingerprint density at radius 2 is 1.86 bits per heavy atom. The number of ether oxygens (including phenoxy) is 2. The summed E-state index contributed by atoms with van der Waals surface area (Å²) < 4.78 is 10.1. The van der Waals surface area contributed by atoms with Gasteiger partial charge in [-0.1, -0.05) is 35.3 Å². The Kier molecular flexibility index (Phi) is 5.77.